The zero-order valence-electron chi connectivity index (χ0n) is 9.50. The lowest BCUT2D eigenvalue weighted by Gasteiger charge is -1.98. The second-order valence-electron chi connectivity index (χ2n) is 3.62. The van der Waals surface area contributed by atoms with Crippen LogP contribution in [0.15, 0.2) is 29.6 Å². The summed E-state index contributed by atoms with van der Waals surface area (Å²) in [7, 11) is 0. The van der Waals surface area contributed by atoms with E-state index >= 15 is 0 Å². The van der Waals surface area contributed by atoms with Gasteiger partial charge in [-0.3, -0.25) is 4.79 Å². The Labute approximate surface area is 115 Å². The highest BCUT2D eigenvalue weighted by Gasteiger charge is 2.07. The predicted molar refractivity (Wildman–Crippen MR) is 74.0 cm³/mol. The highest BCUT2D eigenvalue weighted by atomic mass is 35.5. The maximum Gasteiger partial charge on any atom is 0.309 e. The van der Waals surface area contributed by atoms with Crippen LogP contribution in [0.4, 0.5) is 0 Å². The Kier molecular flexibility index (Phi) is 5.27. The van der Waals surface area contributed by atoms with Gasteiger partial charge in [0.1, 0.15) is 5.01 Å². The van der Waals surface area contributed by atoms with Gasteiger partial charge in [0.2, 0.25) is 0 Å². The van der Waals surface area contributed by atoms with E-state index in [-0.39, 0.29) is 18.8 Å². The third kappa shape index (κ3) is 3.53. The first-order valence-electron chi connectivity index (χ1n) is 5.14. The van der Waals surface area contributed by atoms with Crippen LogP contribution in [0.5, 0.6) is 0 Å². The van der Waals surface area contributed by atoms with Gasteiger partial charge in [-0.1, -0.05) is 24.3 Å². The van der Waals surface area contributed by atoms with Crippen molar-refractivity contribution in [1.82, 2.24) is 4.98 Å². The van der Waals surface area contributed by atoms with Crippen LogP contribution >= 0.6 is 23.7 Å². The number of aliphatic carboxylic acids is 1. The fourth-order valence-corrected chi connectivity index (χ4v) is 2.28. The number of halogens is 1. The molecule has 0 fully saturated rings. The van der Waals surface area contributed by atoms with Crippen molar-refractivity contribution < 1.29 is 9.90 Å². The molecule has 0 saturated carbocycles. The average Bonchev–Trinajstić information content (AvgIpc) is 2.77. The van der Waals surface area contributed by atoms with Crippen LogP contribution in [-0.4, -0.2) is 16.1 Å². The minimum atomic E-state index is -0.861. The summed E-state index contributed by atoms with van der Waals surface area (Å²) in [6.07, 6.45) is -0.0304. The summed E-state index contributed by atoms with van der Waals surface area (Å²) in [5.74, 6) is -0.861. The van der Waals surface area contributed by atoms with E-state index < -0.39 is 5.97 Å². The van der Waals surface area contributed by atoms with Gasteiger partial charge < -0.3 is 10.8 Å². The Balaban J connectivity index is 0.00000162. The molecule has 0 radical (unpaired) electrons. The van der Waals surface area contributed by atoms with Crippen molar-refractivity contribution in [2.24, 2.45) is 5.73 Å². The van der Waals surface area contributed by atoms with Crippen LogP contribution < -0.4 is 5.73 Å². The number of rotatable bonds is 4. The predicted octanol–water partition coefficient (Wildman–Crippen LogP) is 2.32. The van der Waals surface area contributed by atoms with Gasteiger partial charge in [0.15, 0.2) is 0 Å². The quantitative estimate of drug-likeness (QED) is 0.903. The van der Waals surface area contributed by atoms with Crippen LogP contribution in [-0.2, 0) is 17.8 Å². The van der Waals surface area contributed by atoms with Crippen molar-refractivity contribution in [2.75, 3.05) is 0 Å². The average molecular weight is 285 g/mol. The number of thiazole rings is 1. The van der Waals surface area contributed by atoms with Gasteiger partial charge in [-0.05, 0) is 5.56 Å². The van der Waals surface area contributed by atoms with Crippen LogP contribution in [0.25, 0.3) is 10.6 Å². The molecule has 0 aliphatic rings. The largest absolute Gasteiger partial charge is 0.481 e. The van der Waals surface area contributed by atoms with Gasteiger partial charge >= 0.3 is 5.97 Å². The number of nitrogens with two attached hydrogens (primary N) is 1. The number of carboxylic acids is 1. The van der Waals surface area contributed by atoms with E-state index in [0.29, 0.717) is 12.2 Å². The zero-order chi connectivity index (χ0) is 12.3. The molecule has 0 aliphatic carbocycles. The normalized spacial score (nSPS) is 9.83. The number of carboxylic acid groups (broad SMARTS) is 1. The lowest BCUT2D eigenvalue weighted by Crippen LogP contribution is -1.99. The highest BCUT2D eigenvalue weighted by molar-refractivity contribution is 7.13. The van der Waals surface area contributed by atoms with Crippen molar-refractivity contribution >= 4 is 29.7 Å². The van der Waals surface area contributed by atoms with Crippen molar-refractivity contribution in [3.05, 3.63) is 40.9 Å². The topological polar surface area (TPSA) is 76.2 Å². The molecule has 0 bridgehead atoms. The van der Waals surface area contributed by atoms with Crippen LogP contribution in [0.2, 0.25) is 0 Å². The Hall–Kier alpha value is -1.43. The fraction of sp³-hybridized carbons (Fsp3) is 0.167. The van der Waals surface area contributed by atoms with Crippen LogP contribution in [0.1, 0.15) is 11.3 Å². The second-order valence-corrected chi connectivity index (χ2v) is 4.47. The molecule has 2 rings (SSSR count). The smallest absolute Gasteiger partial charge is 0.309 e. The Morgan fingerprint density at radius 2 is 2.00 bits per heavy atom. The molecular formula is C12H13ClN2O2S. The third-order valence-electron chi connectivity index (χ3n) is 2.32. The Morgan fingerprint density at radius 1 is 1.33 bits per heavy atom. The molecule has 96 valence electrons. The zero-order valence-corrected chi connectivity index (χ0v) is 11.1. The molecule has 1 aromatic carbocycles. The summed E-state index contributed by atoms with van der Waals surface area (Å²) in [6.45, 7) is 0.516. The molecule has 0 amide bonds. The maximum atomic E-state index is 10.5. The molecule has 18 heavy (non-hydrogen) atoms. The number of nitrogens with zero attached hydrogens (tertiary/aromatic N) is 1. The molecule has 4 nitrogen and oxygen atoms in total. The first-order chi connectivity index (χ1) is 8.19. The molecule has 0 atom stereocenters. The molecule has 1 heterocycles. The van der Waals surface area contributed by atoms with Gasteiger partial charge in [0, 0.05) is 17.5 Å². The number of aromatic nitrogens is 1. The minimum absolute atomic E-state index is 0. The lowest BCUT2D eigenvalue weighted by atomic mass is 10.1. The van der Waals surface area contributed by atoms with E-state index in [9.17, 15) is 4.79 Å². The number of hydrogen-bond donors (Lipinski definition) is 2. The van der Waals surface area contributed by atoms with Crippen molar-refractivity contribution in [3.63, 3.8) is 0 Å². The Morgan fingerprint density at radius 3 is 2.56 bits per heavy atom. The standard InChI is InChI=1S/C12H12N2O2S.ClH/c13-6-8-1-3-9(4-2-8)12-14-10(7-17-12)5-11(15)16;/h1-4,7H,5-6,13H2,(H,15,16);1H. The van der Waals surface area contributed by atoms with Crippen LogP contribution in [0.3, 0.4) is 0 Å². The molecule has 0 aliphatic heterocycles. The number of carbonyl (C=O) groups is 1. The van der Waals surface area contributed by atoms with Crippen molar-refractivity contribution in [2.45, 2.75) is 13.0 Å². The minimum Gasteiger partial charge on any atom is -0.481 e. The van der Waals surface area contributed by atoms with E-state index in [1.54, 1.807) is 5.38 Å². The molecule has 3 N–H and O–H groups in total. The lowest BCUT2D eigenvalue weighted by molar-refractivity contribution is -0.136. The molecule has 6 heteroatoms. The van der Waals surface area contributed by atoms with E-state index in [2.05, 4.69) is 4.98 Å². The molecule has 1 aromatic heterocycles. The SMILES string of the molecule is Cl.NCc1ccc(-c2nc(CC(=O)O)cs2)cc1. The van der Waals surface area contributed by atoms with Gasteiger partial charge in [0.25, 0.3) is 0 Å². The molecule has 2 aromatic rings. The second kappa shape index (κ2) is 6.49. The summed E-state index contributed by atoms with van der Waals surface area (Å²) >= 11 is 1.45. The summed E-state index contributed by atoms with van der Waals surface area (Å²) in [5, 5.41) is 11.3. The number of hydrogen-bond acceptors (Lipinski definition) is 4. The van der Waals surface area contributed by atoms with Gasteiger partial charge in [-0.15, -0.1) is 23.7 Å². The molecule has 0 unspecified atom stereocenters. The van der Waals surface area contributed by atoms with Crippen molar-refractivity contribution in [3.8, 4) is 10.6 Å². The summed E-state index contributed by atoms with van der Waals surface area (Å²) in [5.41, 5.74) is 8.17. The summed E-state index contributed by atoms with van der Waals surface area (Å²) in [6, 6.07) is 7.80. The van der Waals surface area contributed by atoms with E-state index in [1.807, 2.05) is 24.3 Å². The summed E-state index contributed by atoms with van der Waals surface area (Å²) in [4.78, 5) is 14.8. The highest BCUT2D eigenvalue weighted by Crippen LogP contribution is 2.24. The van der Waals surface area contributed by atoms with Gasteiger partial charge in [-0.25, -0.2) is 4.98 Å². The fourth-order valence-electron chi connectivity index (χ4n) is 1.46. The molecule has 0 saturated heterocycles. The Bertz CT molecular complexity index is 525. The third-order valence-corrected chi connectivity index (χ3v) is 3.26. The van der Waals surface area contributed by atoms with E-state index in [4.69, 9.17) is 10.8 Å². The maximum absolute atomic E-state index is 10.5. The monoisotopic (exact) mass is 284 g/mol. The molecule has 0 spiro atoms. The number of benzene rings is 1. The van der Waals surface area contributed by atoms with Crippen LogP contribution in [0, 0.1) is 0 Å². The van der Waals surface area contributed by atoms with Gasteiger partial charge in [-0.2, -0.15) is 0 Å². The first-order valence-corrected chi connectivity index (χ1v) is 6.02. The first kappa shape index (κ1) is 14.6. The summed E-state index contributed by atoms with van der Waals surface area (Å²) < 4.78 is 0. The molecular weight excluding hydrogens is 272 g/mol. The van der Waals surface area contributed by atoms with Gasteiger partial charge in [0.05, 0.1) is 12.1 Å². The van der Waals surface area contributed by atoms with E-state index in [1.165, 1.54) is 11.3 Å². The van der Waals surface area contributed by atoms with E-state index in [0.717, 1.165) is 16.1 Å². The van der Waals surface area contributed by atoms with Crippen molar-refractivity contribution in [1.29, 1.82) is 0 Å².